The highest BCUT2D eigenvalue weighted by Crippen LogP contribution is 2.35. The molecule has 0 saturated carbocycles. The van der Waals surface area contributed by atoms with Crippen LogP contribution < -0.4 is 10.6 Å². The van der Waals surface area contributed by atoms with Crippen molar-refractivity contribution in [2.75, 3.05) is 23.7 Å². The van der Waals surface area contributed by atoms with Crippen molar-refractivity contribution >= 4 is 34.8 Å². The lowest BCUT2D eigenvalue weighted by Crippen LogP contribution is -2.19. The van der Waals surface area contributed by atoms with E-state index >= 15 is 0 Å². The molecule has 28 heavy (non-hydrogen) atoms. The first-order valence-electron chi connectivity index (χ1n) is 8.13. The Balaban J connectivity index is 1.80. The van der Waals surface area contributed by atoms with Crippen LogP contribution in [0.15, 0.2) is 48.8 Å². The molecule has 0 radical (unpaired) electrons. The largest absolute Gasteiger partial charge is 0.421 e. The summed E-state index contributed by atoms with van der Waals surface area (Å²) in [5, 5.41) is 6.35. The minimum Gasteiger partial charge on any atom is -0.368 e. The van der Waals surface area contributed by atoms with Crippen molar-refractivity contribution in [2.45, 2.75) is 6.18 Å². The molecule has 0 saturated heterocycles. The number of pyridine rings is 1. The minimum absolute atomic E-state index is 0.0647. The van der Waals surface area contributed by atoms with Crippen LogP contribution in [0.1, 0.15) is 5.56 Å². The van der Waals surface area contributed by atoms with E-state index in [4.69, 9.17) is 23.2 Å². The maximum atomic E-state index is 13.3. The predicted octanol–water partition coefficient (Wildman–Crippen LogP) is 5.39. The van der Waals surface area contributed by atoms with E-state index in [9.17, 15) is 13.2 Å². The Morgan fingerprint density at radius 2 is 1.75 bits per heavy atom. The number of hydrogen-bond acceptors (Lipinski definition) is 5. The fourth-order valence-corrected chi connectivity index (χ4v) is 2.86. The van der Waals surface area contributed by atoms with Gasteiger partial charge in [0.15, 0.2) is 5.82 Å². The number of anilines is 2. The molecule has 5 nitrogen and oxygen atoms in total. The zero-order chi connectivity index (χ0) is 20.1. The molecule has 2 heterocycles. The van der Waals surface area contributed by atoms with E-state index in [1.165, 1.54) is 6.07 Å². The molecule has 3 rings (SSSR count). The normalized spacial score (nSPS) is 11.3. The smallest absolute Gasteiger partial charge is 0.368 e. The number of halogens is 5. The van der Waals surface area contributed by atoms with E-state index in [1.807, 2.05) is 0 Å². The van der Waals surface area contributed by atoms with Crippen molar-refractivity contribution in [1.82, 2.24) is 15.0 Å². The maximum absolute atomic E-state index is 13.3. The Morgan fingerprint density at radius 3 is 2.43 bits per heavy atom. The van der Waals surface area contributed by atoms with Gasteiger partial charge in [-0.2, -0.15) is 13.2 Å². The highest BCUT2D eigenvalue weighted by atomic mass is 35.5. The van der Waals surface area contributed by atoms with Crippen LogP contribution in [0.4, 0.5) is 24.8 Å². The van der Waals surface area contributed by atoms with Gasteiger partial charge in [0.1, 0.15) is 17.2 Å². The number of benzene rings is 1. The van der Waals surface area contributed by atoms with Crippen LogP contribution in [0.2, 0.25) is 10.0 Å². The molecular weight excluding hydrogens is 414 g/mol. The van der Waals surface area contributed by atoms with Gasteiger partial charge in [0.2, 0.25) is 0 Å². The van der Waals surface area contributed by atoms with Crippen molar-refractivity contribution in [2.24, 2.45) is 0 Å². The Bertz CT molecular complexity index is 952. The molecule has 0 atom stereocenters. The van der Waals surface area contributed by atoms with Crippen molar-refractivity contribution in [1.29, 1.82) is 0 Å². The molecule has 0 bridgehead atoms. The van der Waals surface area contributed by atoms with Gasteiger partial charge < -0.3 is 10.6 Å². The van der Waals surface area contributed by atoms with E-state index < -0.39 is 11.7 Å². The van der Waals surface area contributed by atoms with Gasteiger partial charge in [-0.3, -0.25) is 0 Å². The van der Waals surface area contributed by atoms with Crippen LogP contribution in [0.3, 0.4) is 0 Å². The second-order valence-corrected chi connectivity index (χ2v) is 6.49. The third kappa shape index (κ3) is 5.02. The maximum Gasteiger partial charge on any atom is 0.421 e. The SMILES string of the molecule is FC(F)(F)c1cnc(-c2ccc(Cl)cc2Cl)nc1NCCNc1ccccn1. The second kappa shape index (κ2) is 8.62. The summed E-state index contributed by atoms with van der Waals surface area (Å²) < 4.78 is 39.9. The van der Waals surface area contributed by atoms with Crippen LogP contribution in [-0.2, 0) is 6.18 Å². The van der Waals surface area contributed by atoms with Gasteiger partial charge in [-0.1, -0.05) is 29.3 Å². The fourth-order valence-electron chi connectivity index (χ4n) is 2.36. The zero-order valence-corrected chi connectivity index (χ0v) is 15.8. The van der Waals surface area contributed by atoms with Crippen molar-refractivity contribution in [3.8, 4) is 11.4 Å². The van der Waals surface area contributed by atoms with Crippen LogP contribution in [0.25, 0.3) is 11.4 Å². The van der Waals surface area contributed by atoms with E-state index in [1.54, 1.807) is 36.5 Å². The minimum atomic E-state index is -4.60. The van der Waals surface area contributed by atoms with E-state index in [2.05, 4.69) is 25.6 Å². The van der Waals surface area contributed by atoms with Crippen molar-refractivity contribution in [3.05, 3.63) is 64.4 Å². The standard InChI is InChI=1S/C18H14Cl2F3N5/c19-11-4-5-12(14(20)9-11)16-27-10-13(18(21,22)23)17(28-16)26-8-7-25-15-3-1-2-6-24-15/h1-6,9-10H,7-8H2,(H,24,25)(H,26,27,28). The quantitative estimate of drug-likeness (QED) is 0.516. The summed E-state index contributed by atoms with van der Waals surface area (Å²) in [5.74, 6) is 0.359. The number of hydrogen-bond donors (Lipinski definition) is 2. The first kappa shape index (κ1) is 20.2. The molecular formula is C18H14Cl2F3N5. The van der Waals surface area contributed by atoms with Crippen LogP contribution in [-0.4, -0.2) is 28.0 Å². The van der Waals surface area contributed by atoms with E-state index in [0.717, 1.165) is 6.20 Å². The van der Waals surface area contributed by atoms with Gasteiger partial charge in [-0.15, -0.1) is 0 Å². The van der Waals surface area contributed by atoms with Gasteiger partial charge in [-0.25, -0.2) is 15.0 Å². The molecule has 146 valence electrons. The molecule has 0 spiro atoms. The summed E-state index contributed by atoms with van der Waals surface area (Å²) in [6.45, 7) is 0.528. The lowest BCUT2D eigenvalue weighted by molar-refractivity contribution is -0.137. The Hall–Kier alpha value is -2.58. The lowest BCUT2D eigenvalue weighted by atomic mass is 10.2. The number of rotatable bonds is 6. The van der Waals surface area contributed by atoms with Gasteiger partial charge in [-0.05, 0) is 30.3 Å². The highest BCUT2D eigenvalue weighted by molar-refractivity contribution is 6.36. The molecule has 3 aromatic rings. The summed E-state index contributed by atoms with van der Waals surface area (Å²) in [4.78, 5) is 11.9. The first-order chi connectivity index (χ1) is 13.3. The zero-order valence-electron chi connectivity index (χ0n) is 14.3. The molecule has 10 heteroatoms. The van der Waals surface area contributed by atoms with E-state index in [-0.39, 0.29) is 23.2 Å². The monoisotopic (exact) mass is 427 g/mol. The average Bonchev–Trinajstić information content (AvgIpc) is 2.65. The molecule has 0 aliphatic heterocycles. The molecule has 2 aromatic heterocycles. The Labute approximate surface area is 169 Å². The Kier molecular flexibility index (Phi) is 6.21. The lowest BCUT2D eigenvalue weighted by Gasteiger charge is -2.15. The predicted molar refractivity (Wildman–Crippen MR) is 104 cm³/mol. The Morgan fingerprint density at radius 1 is 0.964 bits per heavy atom. The number of nitrogens with zero attached hydrogens (tertiary/aromatic N) is 3. The number of aromatic nitrogens is 3. The molecule has 0 aliphatic carbocycles. The average molecular weight is 428 g/mol. The topological polar surface area (TPSA) is 62.7 Å². The van der Waals surface area contributed by atoms with Crippen molar-refractivity contribution in [3.63, 3.8) is 0 Å². The highest BCUT2D eigenvalue weighted by Gasteiger charge is 2.35. The molecule has 1 aromatic carbocycles. The summed E-state index contributed by atoms with van der Waals surface area (Å²) >= 11 is 12.0. The first-order valence-corrected chi connectivity index (χ1v) is 8.88. The van der Waals surface area contributed by atoms with Crippen molar-refractivity contribution < 1.29 is 13.2 Å². The van der Waals surface area contributed by atoms with Crippen LogP contribution in [0, 0.1) is 0 Å². The van der Waals surface area contributed by atoms with Gasteiger partial charge in [0.05, 0.1) is 5.02 Å². The molecule has 2 N–H and O–H groups in total. The molecule has 0 fully saturated rings. The second-order valence-electron chi connectivity index (χ2n) is 5.65. The van der Waals surface area contributed by atoms with Crippen LogP contribution in [0.5, 0.6) is 0 Å². The summed E-state index contributed by atoms with van der Waals surface area (Å²) in [6, 6.07) is 9.92. The third-order valence-corrected chi connectivity index (χ3v) is 4.20. The van der Waals surface area contributed by atoms with Gasteiger partial charge in [0.25, 0.3) is 0 Å². The summed E-state index contributed by atoms with van der Waals surface area (Å²) in [5.41, 5.74) is -0.575. The van der Waals surface area contributed by atoms with Gasteiger partial charge >= 0.3 is 6.18 Å². The summed E-state index contributed by atoms with van der Waals surface area (Å²) in [7, 11) is 0. The molecule has 0 aliphatic rings. The third-order valence-electron chi connectivity index (χ3n) is 3.65. The number of alkyl halides is 3. The summed E-state index contributed by atoms with van der Waals surface area (Å²) in [6.07, 6.45) is -2.25. The fraction of sp³-hybridized carbons (Fsp3) is 0.167. The van der Waals surface area contributed by atoms with Gasteiger partial charge in [0, 0.05) is 36.1 Å². The van der Waals surface area contributed by atoms with Crippen LogP contribution >= 0.6 is 23.2 Å². The number of nitrogens with one attached hydrogen (secondary N) is 2. The van der Waals surface area contributed by atoms with E-state index in [0.29, 0.717) is 22.9 Å². The molecule has 0 amide bonds. The molecule has 0 unspecified atom stereocenters.